The average Bonchev–Trinajstić information content (AvgIpc) is 2.88. The van der Waals surface area contributed by atoms with Gasteiger partial charge in [-0.05, 0) is 39.9 Å². The van der Waals surface area contributed by atoms with E-state index in [0.717, 1.165) is 32.8 Å². The van der Waals surface area contributed by atoms with Gasteiger partial charge in [0.25, 0.3) is 0 Å². The van der Waals surface area contributed by atoms with Gasteiger partial charge in [0.05, 0.1) is 5.69 Å². The van der Waals surface area contributed by atoms with Crippen molar-refractivity contribution in [3.05, 3.63) is 31.4 Å². The number of rotatable bonds is 5. The molecule has 0 aliphatic carbocycles. The number of aromatic nitrogens is 2. The van der Waals surface area contributed by atoms with Crippen molar-refractivity contribution < 1.29 is 4.79 Å². The minimum Gasteiger partial charge on any atom is -0.293 e. The molecule has 0 aliphatic heterocycles. The molecule has 0 aromatic carbocycles. The van der Waals surface area contributed by atoms with Crippen LogP contribution in [-0.2, 0) is 12.8 Å². The number of ketones is 1. The quantitative estimate of drug-likeness (QED) is 0.784. The molecule has 0 fully saturated rings. The van der Waals surface area contributed by atoms with Crippen molar-refractivity contribution in [3.63, 3.8) is 0 Å². The maximum absolute atomic E-state index is 12.1. The standard InChI is InChI=1S/C11H11BrN2OS2/c1-2-3-9-11(17-14-13-9)10(15)5-8-4-7(12)6-16-8/h4,6H,2-3,5H2,1H3. The summed E-state index contributed by atoms with van der Waals surface area (Å²) in [5, 5.41) is 6.00. The summed E-state index contributed by atoms with van der Waals surface area (Å²) in [6.07, 6.45) is 2.25. The second-order valence-electron chi connectivity index (χ2n) is 3.63. The summed E-state index contributed by atoms with van der Waals surface area (Å²) in [5.74, 6) is 0.123. The molecule has 2 rings (SSSR count). The van der Waals surface area contributed by atoms with Crippen LogP contribution in [0.1, 0.15) is 33.6 Å². The predicted octanol–water partition coefficient (Wildman–Crippen LogP) is 3.74. The molecule has 3 nitrogen and oxygen atoms in total. The molecule has 0 aliphatic rings. The Labute approximate surface area is 116 Å². The molecule has 2 aromatic heterocycles. The van der Waals surface area contributed by atoms with E-state index in [0.29, 0.717) is 6.42 Å². The average molecular weight is 331 g/mol. The number of thiophene rings is 1. The van der Waals surface area contributed by atoms with E-state index in [1.165, 1.54) is 11.5 Å². The van der Waals surface area contributed by atoms with Gasteiger partial charge in [0.2, 0.25) is 0 Å². The first-order valence-corrected chi connectivity index (χ1v) is 7.72. The molecule has 0 amide bonds. The molecule has 6 heteroatoms. The van der Waals surface area contributed by atoms with Crippen molar-refractivity contribution in [1.82, 2.24) is 9.59 Å². The number of nitrogens with zero attached hydrogens (tertiary/aromatic N) is 2. The van der Waals surface area contributed by atoms with Gasteiger partial charge in [0, 0.05) is 21.2 Å². The third-order valence-corrected chi connectivity index (χ3v) is 4.76. The maximum atomic E-state index is 12.1. The van der Waals surface area contributed by atoms with E-state index in [9.17, 15) is 4.79 Å². The van der Waals surface area contributed by atoms with Crippen LogP contribution in [0.2, 0.25) is 0 Å². The molecule has 17 heavy (non-hydrogen) atoms. The molecule has 0 spiro atoms. The van der Waals surface area contributed by atoms with Crippen LogP contribution >= 0.6 is 38.8 Å². The highest BCUT2D eigenvalue weighted by Crippen LogP contribution is 2.22. The Bertz CT molecular complexity index is 521. The number of carbonyl (C=O) groups is 1. The summed E-state index contributed by atoms with van der Waals surface area (Å²) in [5.41, 5.74) is 0.845. The van der Waals surface area contributed by atoms with E-state index in [-0.39, 0.29) is 5.78 Å². The van der Waals surface area contributed by atoms with E-state index < -0.39 is 0 Å². The molecule has 0 bridgehead atoms. The van der Waals surface area contributed by atoms with Gasteiger partial charge in [-0.1, -0.05) is 17.8 Å². The third-order valence-electron chi connectivity index (χ3n) is 2.25. The Hall–Kier alpha value is -0.590. The van der Waals surface area contributed by atoms with Gasteiger partial charge in [-0.15, -0.1) is 16.4 Å². The molecule has 0 saturated heterocycles. The van der Waals surface area contributed by atoms with Crippen molar-refractivity contribution in [3.8, 4) is 0 Å². The fourth-order valence-electron chi connectivity index (χ4n) is 1.51. The molecule has 0 radical (unpaired) electrons. The predicted molar refractivity (Wildman–Crippen MR) is 74.0 cm³/mol. The van der Waals surface area contributed by atoms with Crippen LogP contribution in [0.15, 0.2) is 15.9 Å². The van der Waals surface area contributed by atoms with Crippen molar-refractivity contribution in [2.45, 2.75) is 26.2 Å². The number of carbonyl (C=O) groups excluding carboxylic acids is 1. The highest BCUT2D eigenvalue weighted by molar-refractivity contribution is 9.10. The number of hydrogen-bond acceptors (Lipinski definition) is 5. The molecule has 2 heterocycles. The fourth-order valence-corrected chi connectivity index (χ4v) is 3.60. The summed E-state index contributed by atoms with van der Waals surface area (Å²) in [6, 6.07) is 1.98. The zero-order valence-corrected chi connectivity index (χ0v) is 12.5. The molecule has 0 atom stereocenters. The van der Waals surface area contributed by atoms with Crippen LogP contribution in [0.25, 0.3) is 0 Å². The van der Waals surface area contributed by atoms with Crippen LogP contribution in [0, 0.1) is 0 Å². The molecule has 0 N–H and O–H groups in total. The van der Waals surface area contributed by atoms with Gasteiger partial charge in [-0.3, -0.25) is 4.79 Å². The summed E-state index contributed by atoms with van der Waals surface area (Å²) in [6.45, 7) is 2.07. The first kappa shape index (κ1) is 12.9. The SMILES string of the molecule is CCCc1nnsc1C(=O)Cc1cc(Br)cs1. The lowest BCUT2D eigenvalue weighted by Crippen LogP contribution is -2.03. The number of aryl methyl sites for hydroxylation is 1. The topological polar surface area (TPSA) is 42.9 Å². The molecular weight excluding hydrogens is 320 g/mol. The minimum atomic E-state index is 0.123. The largest absolute Gasteiger partial charge is 0.293 e. The van der Waals surface area contributed by atoms with Crippen LogP contribution in [0.3, 0.4) is 0 Å². The van der Waals surface area contributed by atoms with E-state index in [2.05, 4.69) is 32.4 Å². The molecule has 90 valence electrons. The van der Waals surface area contributed by atoms with Gasteiger partial charge in [-0.2, -0.15) is 0 Å². The van der Waals surface area contributed by atoms with Crippen LogP contribution < -0.4 is 0 Å². The summed E-state index contributed by atoms with van der Waals surface area (Å²) in [7, 11) is 0. The molecule has 0 saturated carbocycles. The Morgan fingerprint density at radius 1 is 1.53 bits per heavy atom. The zero-order valence-electron chi connectivity index (χ0n) is 9.27. The second kappa shape index (κ2) is 5.84. The number of Topliss-reactive ketones (excluding diaryl/α,β-unsaturated/α-hetero) is 1. The summed E-state index contributed by atoms with van der Waals surface area (Å²) in [4.78, 5) is 13.9. The number of halogens is 1. The van der Waals surface area contributed by atoms with Gasteiger partial charge in [0.1, 0.15) is 4.88 Å². The van der Waals surface area contributed by atoms with Crippen LogP contribution in [-0.4, -0.2) is 15.4 Å². The van der Waals surface area contributed by atoms with E-state index in [1.54, 1.807) is 11.3 Å². The first-order chi connectivity index (χ1) is 8.20. The monoisotopic (exact) mass is 330 g/mol. The zero-order chi connectivity index (χ0) is 12.3. The van der Waals surface area contributed by atoms with Crippen molar-refractivity contribution in [2.24, 2.45) is 0 Å². The van der Waals surface area contributed by atoms with Gasteiger partial charge in [0.15, 0.2) is 5.78 Å². The van der Waals surface area contributed by atoms with Gasteiger partial charge in [-0.25, -0.2) is 0 Å². The highest BCUT2D eigenvalue weighted by atomic mass is 79.9. The summed E-state index contributed by atoms with van der Waals surface area (Å²) < 4.78 is 4.90. The summed E-state index contributed by atoms with van der Waals surface area (Å²) >= 11 is 6.18. The normalized spacial score (nSPS) is 10.7. The fraction of sp³-hybridized carbons (Fsp3) is 0.364. The Morgan fingerprint density at radius 3 is 3.00 bits per heavy atom. The Morgan fingerprint density at radius 2 is 2.35 bits per heavy atom. The number of hydrogen-bond donors (Lipinski definition) is 0. The van der Waals surface area contributed by atoms with Gasteiger partial charge >= 0.3 is 0 Å². The highest BCUT2D eigenvalue weighted by Gasteiger charge is 2.16. The smallest absolute Gasteiger partial charge is 0.181 e. The maximum Gasteiger partial charge on any atom is 0.181 e. The van der Waals surface area contributed by atoms with Crippen molar-refractivity contribution >= 4 is 44.6 Å². The van der Waals surface area contributed by atoms with Crippen LogP contribution in [0.4, 0.5) is 0 Å². The molecular formula is C11H11BrN2OS2. The lowest BCUT2D eigenvalue weighted by molar-refractivity contribution is 0.0996. The molecule has 0 unspecified atom stereocenters. The lowest BCUT2D eigenvalue weighted by atomic mass is 10.1. The first-order valence-electron chi connectivity index (χ1n) is 5.28. The van der Waals surface area contributed by atoms with Crippen molar-refractivity contribution in [2.75, 3.05) is 0 Å². The van der Waals surface area contributed by atoms with E-state index >= 15 is 0 Å². The second-order valence-corrected chi connectivity index (χ2v) is 6.30. The van der Waals surface area contributed by atoms with E-state index in [4.69, 9.17) is 0 Å². The van der Waals surface area contributed by atoms with Gasteiger partial charge < -0.3 is 0 Å². The van der Waals surface area contributed by atoms with E-state index in [1.807, 2.05) is 11.4 Å². The molecule has 2 aromatic rings. The van der Waals surface area contributed by atoms with Crippen LogP contribution in [0.5, 0.6) is 0 Å². The third kappa shape index (κ3) is 3.20. The Balaban J connectivity index is 2.11. The van der Waals surface area contributed by atoms with Crippen molar-refractivity contribution in [1.29, 1.82) is 0 Å². The Kier molecular flexibility index (Phi) is 4.42. The lowest BCUT2D eigenvalue weighted by Gasteiger charge is -1.97. The minimum absolute atomic E-state index is 0.123.